The largest absolute Gasteiger partial charge is 0.322 e. The van der Waals surface area contributed by atoms with E-state index in [4.69, 9.17) is 0 Å². The summed E-state index contributed by atoms with van der Waals surface area (Å²) < 4.78 is 23.3. The molecule has 1 aliphatic carbocycles. The van der Waals surface area contributed by atoms with E-state index in [1.165, 1.54) is 12.8 Å². The highest BCUT2D eigenvalue weighted by molar-refractivity contribution is 7.91. The lowest BCUT2D eigenvalue weighted by Crippen LogP contribution is -2.39. The van der Waals surface area contributed by atoms with Gasteiger partial charge >= 0.3 is 0 Å². The summed E-state index contributed by atoms with van der Waals surface area (Å²) in [7, 11) is -2.90. The van der Waals surface area contributed by atoms with Crippen molar-refractivity contribution in [3.63, 3.8) is 0 Å². The molecule has 0 bridgehead atoms. The number of aromatic amines is 1. The van der Waals surface area contributed by atoms with Crippen molar-refractivity contribution in [2.75, 3.05) is 29.9 Å². The molecule has 178 valence electrons. The quantitative estimate of drug-likeness (QED) is 0.559. The van der Waals surface area contributed by atoms with E-state index in [1.54, 1.807) is 6.07 Å². The van der Waals surface area contributed by atoms with Crippen LogP contribution in [0.1, 0.15) is 53.3 Å². The molecule has 1 aromatic heterocycles. The van der Waals surface area contributed by atoms with E-state index < -0.39 is 9.84 Å². The lowest BCUT2D eigenvalue weighted by Gasteiger charge is -2.26. The molecule has 2 heterocycles. The maximum absolute atomic E-state index is 12.8. The smallest absolute Gasteiger partial charge is 0.255 e. The van der Waals surface area contributed by atoms with Crippen LogP contribution in [-0.4, -0.2) is 59.0 Å². The summed E-state index contributed by atoms with van der Waals surface area (Å²) >= 11 is 0. The van der Waals surface area contributed by atoms with Crippen LogP contribution in [0.2, 0.25) is 0 Å². The first-order chi connectivity index (χ1) is 16.4. The second-order valence-corrected chi connectivity index (χ2v) is 11.5. The van der Waals surface area contributed by atoms with E-state index >= 15 is 0 Å². The van der Waals surface area contributed by atoms with Crippen molar-refractivity contribution in [1.29, 1.82) is 0 Å². The normalized spacial score (nSPS) is 18.7. The molecular weight excluding hydrogens is 450 g/mol. The molecule has 0 radical (unpaired) electrons. The maximum Gasteiger partial charge on any atom is 0.255 e. The number of sulfone groups is 1. The van der Waals surface area contributed by atoms with Crippen LogP contribution in [0.3, 0.4) is 0 Å². The van der Waals surface area contributed by atoms with Crippen LogP contribution in [0.25, 0.3) is 11.4 Å². The minimum Gasteiger partial charge on any atom is -0.322 e. The average Bonchev–Trinajstić information content (AvgIpc) is 3.53. The molecular formula is C25H29N5O3S. The minimum absolute atomic E-state index is 0.181. The van der Waals surface area contributed by atoms with Crippen molar-refractivity contribution in [2.45, 2.75) is 38.1 Å². The Morgan fingerprint density at radius 3 is 2.53 bits per heavy atom. The number of aromatic nitrogens is 3. The van der Waals surface area contributed by atoms with Gasteiger partial charge in [0, 0.05) is 42.4 Å². The van der Waals surface area contributed by atoms with Gasteiger partial charge in [-0.3, -0.25) is 14.8 Å². The first-order valence-electron chi connectivity index (χ1n) is 11.8. The van der Waals surface area contributed by atoms with Crippen molar-refractivity contribution in [1.82, 2.24) is 20.1 Å². The molecule has 2 N–H and O–H groups in total. The highest BCUT2D eigenvalue weighted by atomic mass is 32.2. The molecule has 9 heteroatoms. The molecule has 1 saturated carbocycles. The summed E-state index contributed by atoms with van der Waals surface area (Å²) in [5.74, 6) is 2.31. The fourth-order valence-electron chi connectivity index (χ4n) is 4.66. The number of amides is 1. The molecule has 0 atom stereocenters. The first kappa shape index (κ1) is 22.7. The van der Waals surface area contributed by atoms with Gasteiger partial charge in [0.25, 0.3) is 5.91 Å². The highest BCUT2D eigenvalue weighted by Gasteiger charge is 2.22. The van der Waals surface area contributed by atoms with Gasteiger partial charge in [-0.25, -0.2) is 13.4 Å². The number of hydrogen-bond donors (Lipinski definition) is 2. The molecule has 0 unspecified atom stereocenters. The van der Waals surface area contributed by atoms with Gasteiger partial charge in [-0.15, -0.1) is 0 Å². The van der Waals surface area contributed by atoms with Gasteiger partial charge in [-0.1, -0.05) is 25.0 Å². The lowest BCUT2D eigenvalue weighted by molar-refractivity contribution is 0.102. The van der Waals surface area contributed by atoms with Gasteiger partial charge < -0.3 is 5.32 Å². The van der Waals surface area contributed by atoms with Gasteiger partial charge in [0.05, 0.1) is 11.5 Å². The number of rotatable bonds is 6. The molecule has 2 aliphatic rings. The number of nitrogens with zero attached hydrogens (tertiary/aromatic N) is 3. The topological polar surface area (TPSA) is 108 Å². The molecule has 1 saturated heterocycles. The van der Waals surface area contributed by atoms with E-state index in [9.17, 15) is 13.2 Å². The second kappa shape index (κ2) is 9.68. The Hall–Kier alpha value is -3.04. The first-order valence-corrected chi connectivity index (χ1v) is 13.6. The van der Waals surface area contributed by atoms with Gasteiger partial charge in [0.15, 0.2) is 21.5 Å². The number of benzene rings is 2. The van der Waals surface area contributed by atoms with Gasteiger partial charge in [-0.05, 0) is 54.8 Å². The number of carbonyl (C=O) groups excluding carboxylic acids is 1. The third-order valence-corrected chi connectivity index (χ3v) is 8.28. The monoisotopic (exact) mass is 479 g/mol. The molecule has 1 aliphatic heterocycles. The van der Waals surface area contributed by atoms with Crippen molar-refractivity contribution in [3.05, 3.63) is 65.5 Å². The zero-order valence-electron chi connectivity index (χ0n) is 19.0. The summed E-state index contributed by atoms with van der Waals surface area (Å²) in [6.07, 6.45) is 4.80. The number of H-pyrrole nitrogens is 1. The number of hydrogen-bond acceptors (Lipinski definition) is 6. The predicted molar refractivity (Wildman–Crippen MR) is 131 cm³/mol. The van der Waals surface area contributed by atoms with Crippen molar-refractivity contribution in [2.24, 2.45) is 0 Å². The average molecular weight is 480 g/mol. The third-order valence-electron chi connectivity index (χ3n) is 6.67. The Morgan fingerprint density at radius 1 is 1.06 bits per heavy atom. The molecule has 5 rings (SSSR count). The van der Waals surface area contributed by atoms with Gasteiger partial charge in [0.2, 0.25) is 0 Å². The fourth-order valence-corrected chi connectivity index (χ4v) is 5.94. The van der Waals surface area contributed by atoms with Crippen molar-refractivity contribution >= 4 is 21.4 Å². The third kappa shape index (κ3) is 5.37. The van der Waals surface area contributed by atoms with Crippen molar-refractivity contribution in [3.8, 4) is 11.4 Å². The van der Waals surface area contributed by atoms with Crippen LogP contribution in [0.4, 0.5) is 5.69 Å². The molecule has 3 aromatic rings. The van der Waals surface area contributed by atoms with Crippen LogP contribution in [0.5, 0.6) is 0 Å². The van der Waals surface area contributed by atoms with Crippen LogP contribution in [0.15, 0.2) is 48.5 Å². The van der Waals surface area contributed by atoms with Crippen molar-refractivity contribution < 1.29 is 13.2 Å². The predicted octanol–water partition coefficient (Wildman–Crippen LogP) is 3.61. The Kier molecular flexibility index (Phi) is 6.47. The molecule has 0 spiro atoms. The SMILES string of the molecule is O=C(Nc1ccc(-c2nc(C3CCCC3)n[nH]2)cc1)c1cccc(CN2CCS(=O)(=O)CC2)c1. The minimum atomic E-state index is -2.90. The molecule has 34 heavy (non-hydrogen) atoms. The fraction of sp³-hybridized carbons (Fsp3) is 0.400. The van der Waals surface area contributed by atoms with Crippen LogP contribution >= 0.6 is 0 Å². The summed E-state index contributed by atoms with van der Waals surface area (Å²) in [6.45, 7) is 1.68. The second-order valence-electron chi connectivity index (χ2n) is 9.18. The summed E-state index contributed by atoms with van der Waals surface area (Å²) in [4.78, 5) is 19.6. The van der Waals surface area contributed by atoms with Gasteiger partial charge in [-0.2, -0.15) is 5.10 Å². The highest BCUT2D eigenvalue weighted by Crippen LogP contribution is 2.32. The molecule has 8 nitrogen and oxygen atoms in total. The van der Waals surface area contributed by atoms with Crippen LogP contribution in [-0.2, 0) is 16.4 Å². The zero-order valence-corrected chi connectivity index (χ0v) is 19.9. The summed E-state index contributed by atoms with van der Waals surface area (Å²) in [5, 5.41) is 10.4. The van der Waals surface area contributed by atoms with E-state index in [0.717, 1.165) is 35.6 Å². The number of nitrogens with one attached hydrogen (secondary N) is 2. The molecule has 2 aromatic carbocycles. The Balaban J connectivity index is 1.20. The Morgan fingerprint density at radius 2 is 1.79 bits per heavy atom. The molecule has 2 fully saturated rings. The lowest BCUT2D eigenvalue weighted by atomic mass is 10.1. The summed E-state index contributed by atoms with van der Waals surface area (Å²) in [6, 6.07) is 15.1. The van der Waals surface area contributed by atoms with Crippen LogP contribution in [0, 0.1) is 0 Å². The van der Waals surface area contributed by atoms with Crippen LogP contribution < -0.4 is 5.32 Å². The zero-order chi connectivity index (χ0) is 23.5. The number of carbonyl (C=O) groups is 1. The van der Waals surface area contributed by atoms with E-state index in [2.05, 4.69) is 25.4 Å². The van der Waals surface area contributed by atoms with E-state index in [1.807, 2.05) is 42.5 Å². The maximum atomic E-state index is 12.8. The van der Waals surface area contributed by atoms with E-state index in [-0.39, 0.29) is 17.4 Å². The van der Waals surface area contributed by atoms with Gasteiger partial charge in [0.1, 0.15) is 0 Å². The Bertz CT molecular complexity index is 1250. The Labute approximate surface area is 199 Å². The molecule has 1 amide bonds. The number of anilines is 1. The van der Waals surface area contributed by atoms with E-state index in [0.29, 0.717) is 36.8 Å². The summed E-state index contributed by atoms with van der Waals surface area (Å²) in [5.41, 5.74) is 3.20. The standard InChI is InChI=1S/C25H29N5O3S/c31-25(21-7-3-4-18(16-21)17-30-12-14-34(32,33)15-13-30)26-22-10-8-20(9-11-22)24-27-23(28-29-24)19-5-1-2-6-19/h3-4,7-11,16,19H,1-2,5-6,12-15,17H2,(H,26,31)(H,27,28,29).